The minimum Gasteiger partial charge on any atom is -0.481 e. The van der Waals surface area contributed by atoms with Gasteiger partial charge in [-0.1, -0.05) is 0 Å². The van der Waals surface area contributed by atoms with E-state index in [0.717, 1.165) is 17.0 Å². The lowest BCUT2D eigenvalue weighted by atomic mass is 10.1. The number of amides is 1. The highest BCUT2D eigenvalue weighted by atomic mass is 127. The first-order chi connectivity index (χ1) is 8.40. The van der Waals surface area contributed by atoms with Gasteiger partial charge in [0.15, 0.2) is 11.6 Å². The molecule has 1 atom stereocenters. The summed E-state index contributed by atoms with van der Waals surface area (Å²) in [6, 6.07) is 2.20. The van der Waals surface area contributed by atoms with Gasteiger partial charge in [-0.3, -0.25) is 9.59 Å². The zero-order chi connectivity index (χ0) is 13.4. The van der Waals surface area contributed by atoms with Crippen LogP contribution in [-0.2, 0) is 9.59 Å². The molecular weight excluding hydrogens is 359 g/mol. The van der Waals surface area contributed by atoms with Crippen LogP contribution in [-0.4, -0.2) is 23.5 Å². The van der Waals surface area contributed by atoms with Crippen LogP contribution in [0.25, 0.3) is 0 Å². The average molecular weight is 367 g/mol. The molecule has 0 spiro atoms. The van der Waals surface area contributed by atoms with Gasteiger partial charge in [0.1, 0.15) is 5.69 Å². The van der Waals surface area contributed by atoms with E-state index in [1.807, 2.05) is 0 Å². The Bertz CT molecular complexity index is 512. The highest BCUT2D eigenvalue weighted by Crippen LogP contribution is 2.31. The summed E-state index contributed by atoms with van der Waals surface area (Å²) in [4.78, 5) is 23.2. The zero-order valence-corrected chi connectivity index (χ0v) is 11.1. The molecule has 7 heteroatoms. The van der Waals surface area contributed by atoms with Gasteiger partial charge in [-0.15, -0.1) is 0 Å². The molecule has 0 saturated carbocycles. The Morgan fingerprint density at radius 2 is 1.94 bits per heavy atom. The largest absolute Gasteiger partial charge is 0.481 e. The molecule has 96 valence electrons. The predicted molar refractivity (Wildman–Crippen MR) is 67.2 cm³/mol. The Balaban J connectivity index is 2.39. The Morgan fingerprint density at radius 3 is 2.39 bits per heavy atom. The molecule has 1 aliphatic rings. The number of halogens is 3. The number of carboxylic acid groups (broad SMARTS) is 1. The number of aliphatic carboxylic acids is 1. The Morgan fingerprint density at radius 1 is 1.39 bits per heavy atom. The van der Waals surface area contributed by atoms with Gasteiger partial charge in [-0.25, -0.2) is 8.78 Å². The van der Waals surface area contributed by atoms with Gasteiger partial charge in [-0.05, 0) is 34.7 Å². The van der Waals surface area contributed by atoms with Crippen LogP contribution in [0.5, 0.6) is 0 Å². The van der Waals surface area contributed by atoms with Crippen molar-refractivity contribution >= 4 is 40.2 Å². The maximum absolute atomic E-state index is 13.7. The van der Waals surface area contributed by atoms with Crippen molar-refractivity contribution in [1.29, 1.82) is 0 Å². The van der Waals surface area contributed by atoms with Crippen LogP contribution in [0.4, 0.5) is 14.5 Å². The molecular formula is C11H8F2INO3. The molecule has 2 rings (SSSR count). The van der Waals surface area contributed by atoms with Gasteiger partial charge in [0.05, 0.1) is 5.92 Å². The smallest absolute Gasteiger partial charge is 0.308 e. The maximum atomic E-state index is 13.7. The predicted octanol–water partition coefficient (Wildman–Crippen LogP) is 2.01. The minimum atomic E-state index is -1.14. The van der Waals surface area contributed by atoms with Crippen molar-refractivity contribution < 1.29 is 23.5 Å². The van der Waals surface area contributed by atoms with E-state index in [-0.39, 0.29) is 13.0 Å². The summed E-state index contributed by atoms with van der Waals surface area (Å²) in [6.07, 6.45) is -0.236. The second kappa shape index (κ2) is 4.79. The lowest BCUT2D eigenvalue weighted by Crippen LogP contribution is -2.27. The lowest BCUT2D eigenvalue weighted by molar-refractivity contribution is -0.141. The molecule has 1 unspecified atom stereocenters. The second-order valence-electron chi connectivity index (χ2n) is 3.96. The number of carboxylic acids is 1. The molecule has 0 aromatic heterocycles. The zero-order valence-electron chi connectivity index (χ0n) is 8.99. The molecule has 1 saturated heterocycles. The summed E-state index contributed by atoms with van der Waals surface area (Å²) < 4.78 is 27.7. The standard InChI is InChI=1S/C11H8F2INO3/c12-7-2-6(14)3-8(13)10(7)15-4-5(11(17)18)1-9(15)16/h2-3,5H,1,4H2,(H,17,18). The van der Waals surface area contributed by atoms with Gasteiger partial charge < -0.3 is 10.0 Å². The average Bonchev–Trinajstić information content (AvgIpc) is 2.59. The molecule has 1 heterocycles. The highest BCUT2D eigenvalue weighted by Gasteiger charge is 2.37. The summed E-state index contributed by atoms with van der Waals surface area (Å²) in [5.74, 6) is -4.37. The molecule has 1 aromatic rings. The SMILES string of the molecule is O=C(O)C1CC(=O)N(c2c(F)cc(I)cc2F)C1. The number of anilines is 1. The molecule has 1 aliphatic heterocycles. The molecule has 1 aromatic carbocycles. The van der Waals surface area contributed by atoms with Crippen LogP contribution in [0.3, 0.4) is 0 Å². The van der Waals surface area contributed by atoms with E-state index in [0.29, 0.717) is 3.57 Å². The van der Waals surface area contributed by atoms with E-state index < -0.39 is 35.1 Å². The van der Waals surface area contributed by atoms with E-state index in [2.05, 4.69) is 0 Å². The first-order valence-electron chi connectivity index (χ1n) is 5.08. The first-order valence-corrected chi connectivity index (χ1v) is 6.15. The number of hydrogen-bond acceptors (Lipinski definition) is 2. The number of benzene rings is 1. The quantitative estimate of drug-likeness (QED) is 0.814. The number of hydrogen-bond donors (Lipinski definition) is 1. The van der Waals surface area contributed by atoms with Crippen LogP contribution in [0, 0.1) is 21.1 Å². The lowest BCUT2D eigenvalue weighted by Gasteiger charge is -2.17. The van der Waals surface area contributed by atoms with Gasteiger partial charge in [0.2, 0.25) is 5.91 Å². The van der Waals surface area contributed by atoms with Crippen molar-refractivity contribution in [1.82, 2.24) is 0 Å². The van der Waals surface area contributed by atoms with E-state index >= 15 is 0 Å². The molecule has 0 aliphatic carbocycles. The van der Waals surface area contributed by atoms with Crippen LogP contribution >= 0.6 is 22.6 Å². The molecule has 18 heavy (non-hydrogen) atoms. The van der Waals surface area contributed by atoms with Gasteiger partial charge in [0, 0.05) is 16.5 Å². The molecule has 4 nitrogen and oxygen atoms in total. The van der Waals surface area contributed by atoms with Crippen molar-refractivity contribution in [2.45, 2.75) is 6.42 Å². The van der Waals surface area contributed by atoms with Crippen molar-refractivity contribution in [3.8, 4) is 0 Å². The fourth-order valence-electron chi connectivity index (χ4n) is 1.88. The number of nitrogens with zero attached hydrogens (tertiary/aromatic N) is 1. The number of carbonyl (C=O) groups is 2. The van der Waals surface area contributed by atoms with Gasteiger partial charge in [0.25, 0.3) is 0 Å². The summed E-state index contributed by atoms with van der Waals surface area (Å²) in [5, 5.41) is 8.81. The van der Waals surface area contributed by atoms with E-state index in [1.54, 1.807) is 22.6 Å². The fourth-order valence-corrected chi connectivity index (χ4v) is 2.43. The Hall–Kier alpha value is -1.25. The molecule has 0 bridgehead atoms. The topological polar surface area (TPSA) is 57.6 Å². The van der Waals surface area contributed by atoms with Gasteiger partial charge in [-0.2, -0.15) is 0 Å². The number of carbonyl (C=O) groups excluding carboxylic acids is 1. The highest BCUT2D eigenvalue weighted by molar-refractivity contribution is 14.1. The van der Waals surface area contributed by atoms with Crippen LogP contribution in [0.1, 0.15) is 6.42 Å². The van der Waals surface area contributed by atoms with Crippen LogP contribution < -0.4 is 4.90 Å². The van der Waals surface area contributed by atoms with Crippen LogP contribution in [0.2, 0.25) is 0 Å². The fraction of sp³-hybridized carbons (Fsp3) is 0.273. The van der Waals surface area contributed by atoms with Crippen molar-refractivity contribution in [2.75, 3.05) is 11.4 Å². The van der Waals surface area contributed by atoms with Crippen molar-refractivity contribution in [3.63, 3.8) is 0 Å². The van der Waals surface area contributed by atoms with E-state index in [4.69, 9.17) is 5.11 Å². The molecule has 1 N–H and O–H groups in total. The normalized spacial score (nSPS) is 19.4. The second-order valence-corrected chi connectivity index (χ2v) is 5.21. The van der Waals surface area contributed by atoms with Gasteiger partial charge >= 0.3 is 5.97 Å². The molecule has 1 fully saturated rings. The Kier molecular flexibility index (Phi) is 3.51. The third kappa shape index (κ3) is 2.31. The summed E-state index contributed by atoms with van der Waals surface area (Å²) in [7, 11) is 0. The number of rotatable bonds is 2. The monoisotopic (exact) mass is 367 g/mol. The van der Waals surface area contributed by atoms with E-state index in [9.17, 15) is 18.4 Å². The summed E-state index contributed by atoms with van der Waals surface area (Å²) in [5.41, 5.74) is -0.468. The maximum Gasteiger partial charge on any atom is 0.308 e. The first kappa shape index (κ1) is 13.2. The van der Waals surface area contributed by atoms with E-state index in [1.165, 1.54) is 0 Å². The van der Waals surface area contributed by atoms with Crippen LogP contribution in [0.15, 0.2) is 12.1 Å². The third-order valence-electron chi connectivity index (χ3n) is 2.73. The third-order valence-corrected chi connectivity index (χ3v) is 3.35. The van der Waals surface area contributed by atoms with Crippen molar-refractivity contribution in [2.24, 2.45) is 5.92 Å². The summed E-state index contributed by atoms with van der Waals surface area (Å²) >= 11 is 1.75. The summed E-state index contributed by atoms with van der Waals surface area (Å²) in [6.45, 7) is -0.206. The van der Waals surface area contributed by atoms with Crippen molar-refractivity contribution in [3.05, 3.63) is 27.3 Å². The Labute approximate surface area is 115 Å². The molecule has 1 amide bonds. The molecule has 0 radical (unpaired) electrons. The minimum absolute atomic E-state index is 0.206.